The van der Waals surface area contributed by atoms with Crippen LogP contribution in [-0.2, 0) is 12.8 Å². The predicted octanol–water partition coefficient (Wildman–Crippen LogP) is 8.33. The molecule has 180 valence electrons. The van der Waals surface area contributed by atoms with Gasteiger partial charge in [-0.25, -0.2) is 9.97 Å². The Labute approximate surface area is 198 Å². The summed E-state index contributed by atoms with van der Waals surface area (Å²) in [5.74, 6) is 1.80. The number of hydrogen-bond donors (Lipinski definition) is 0. The summed E-state index contributed by atoms with van der Waals surface area (Å²) in [5.41, 5.74) is 2.68. The third-order valence-electron chi connectivity index (χ3n) is 5.99. The highest BCUT2D eigenvalue weighted by Crippen LogP contribution is 2.37. The van der Waals surface area contributed by atoms with Gasteiger partial charge in [-0.2, -0.15) is 0 Å². The van der Waals surface area contributed by atoms with Crippen molar-refractivity contribution in [1.82, 2.24) is 14.9 Å². The SMILES string of the molecule is CC.CC.CC.CC1CCC(N(C)C)CC1.Cc1ncnc2sc3c(c12)CC(C)CC3. The van der Waals surface area contributed by atoms with E-state index in [-0.39, 0.29) is 0 Å². The van der Waals surface area contributed by atoms with Gasteiger partial charge in [0.25, 0.3) is 0 Å². The van der Waals surface area contributed by atoms with Crippen LogP contribution in [0.25, 0.3) is 10.2 Å². The molecule has 1 atom stereocenters. The van der Waals surface area contributed by atoms with E-state index in [1.807, 2.05) is 52.9 Å². The van der Waals surface area contributed by atoms with Gasteiger partial charge in [0.1, 0.15) is 11.2 Å². The van der Waals surface area contributed by atoms with Crippen molar-refractivity contribution in [2.45, 2.75) is 113 Å². The average molecular weight is 450 g/mol. The lowest BCUT2D eigenvalue weighted by atomic mass is 9.87. The molecule has 0 aliphatic heterocycles. The van der Waals surface area contributed by atoms with E-state index in [9.17, 15) is 0 Å². The largest absolute Gasteiger partial charge is 0.306 e. The Kier molecular flexibility index (Phi) is 16.1. The van der Waals surface area contributed by atoms with E-state index in [0.717, 1.165) is 23.6 Å². The summed E-state index contributed by atoms with van der Waals surface area (Å²) < 4.78 is 0. The lowest BCUT2D eigenvalue weighted by Gasteiger charge is -2.30. The highest BCUT2D eigenvalue weighted by molar-refractivity contribution is 7.18. The summed E-state index contributed by atoms with van der Waals surface area (Å²) in [5, 5.41) is 1.34. The minimum atomic E-state index is 0.815. The Morgan fingerprint density at radius 3 is 1.97 bits per heavy atom. The van der Waals surface area contributed by atoms with Crippen LogP contribution >= 0.6 is 11.3 Å². The molecule has 1 fully saturated rings. The fraction of sp³-hybridized carbons (Fsp3) is 0.778. The summed E-state index contributed by atoms with van der Waals surface area (Å²) in [6.07, 6.45) is 11.1. The molecule has 2 aliphatic rings. The number of hydrogen-bond acceptors (Lipinski definition) is 4. The van der Waals surface area contributed by atoms with Gasteiger partial charge in [0.2, 0.25) is 0 Å². The summed E-state index contributed by atoms with van der Waals surface area (Å²) in [6.45, 7) is 18.8. The van der Waals surface area contributed by atoms with Crippen molar-refractivity contribution in [2.75, 3.05) is 14.1 Å². The van der Waals surface area contributed by atoms with Gasteiger partial charge in [0.05, 0.1) is 0 Å². The maximum absolute atomic E-state index is 4.38. The third-order valence-corrected chi connectivity index (χ3v) is 7.19. The molecule has 31 heavy (non-hydrogen) atoms. The lowest BCUT2D eigenvalue weighted by Crippen LogP contribution is -2.31. The van der Waals surface area contributed by atoms with Crippen LogP contribution in [-0.4, -0.2) is 35.0 Å². The number of aromatic nitrogens is 2. The van der Waals surface area contributed by atoms with Gasteiger partial charge < -0.3 is 4.90 Å². The van der Waals surface area contributed by atoms with E-state index < -0.39 is 0 Å². The molecule has 4 heteroatoms. The molecule has 2 heterocycles. The van der Waals surface area contributed by atoms with E-state index in [4.69, 9.17) is 0 Å². The quantitative estimate of drug-likeness (QED) is 0.438. The number of nitrogens with zero attached hydrogens (tertiary/aromatic N) is 3. The lowest BCUT2D eigenvalue weighted by molar-refractivity contribution is 0.200. The van der Waals surface area contributed by atoms with Crippen molar-refractivity contribution < 1.29 is 0 Å². The number of fused-ring (bicyclic) bond motifs is 3. The highest BCUT2D eigenvalue weighted by Gasteiger charge is 2.22. The Morgan fingerprint density at radius 2 is 1.42 bits per heavy atom. The number of thiophene rings is 1. The maximum Gasteiger partial charge on any atom is 0.127 e. The molecular weight excluding hydrogens is 398 g/mol. The molecule has 0 aromatic carbocycles. The first-order valence-electron chi connectivity index (χ1n) is 12.8. The Hall–Kier alpha value is -1.00. The molecule has 1 unspecified atom stereocenters. The smallest absolute Gasteiger partial charge is 0.127 e. The normalized spacial score (nSPS) is 21.7. The van der Waals surface area contributed by atoms with Gasteiger partial charge >= 0.3 is 0 Å². The molecule has 2 aliphatic carbocycles. The Balaban J connectivity index is 0.000000493. The van der Waals surface area contributed by atoms with Crippen LogP contribution in [0.4, 0.5) is 0 Å². The van der Waals surface area contributed by atoms with Crippen LogP contribution in [0.2, 0.25) is 0 Å². The molecule has 0 radical (unpaired) electrons. The summed E-state index contributed by atoms with van der Waals surface area (Å²) >= 11 is 1.86. The molecular formula is C27H51N3S. The summed E-state index contributed by atoms with van der Waals surface area (Å²) in [7, 11) is 4.39. The molecule has 0 spiro atoms. The van der Waals surface area contributed by atoms with Gasteiger partial charge in [-0.15, -0.1) is 11.3 Å². The highest BCUT2D eigenvalue weighted by atomic mass is 32.1. The van der Waals surface area contributed by atoms with Crippen molar-refractivity contribution in [3.8, 4) is 0 Å². The van der Waals surface area contributed by atoms with Gasteiger partial charge in [0.15, 0.2) is 0 Å². The minimum absolute atomic E-state index is 0.815. The van der Waals surface area contributed by atoms with E-state index in [1.54, 1.807) is 11.2 Å². The van der Waals surface area contributed by atoms with Gasteiger partial charge in [-0.3, -0.25) is 0 Å². The first kappa shape index (κ1) is 30.0. The molecule has 3 nitrogen and oxygen atoms in total. The fourth-order valence-corrected chi connectivity index (χ4v) is 5.43. The van der Waals surface area contributed by atoms with Crippen molar-refractivity contribution >= 4 is 21.6 Å². The van der Waals surface area contributed by atoms with Gasteiger partial charge in [0, 0.05) is 22.0 Å². The first-order valence-corrected chi connectivity index (χ1v) is 13.7. The van der Waals surface area contributed by atoms with E-state index in [1.165, 1.54) is 60.7 Å². The van der Waals surface area contributed by atoms with Crippen LogP contribution in [0, 0.1) is 18.8 Å². The fourth-order valence-electron chi connectivity index (χ4n) is 4.20. The molecule has 1 saturated carbocycles. The van der Waals surface area contributed by atoms with E-state index in [2.05, 4.69) is 49.7 Å². The van der Waals surface area contributed by atoms with Crippen LogP contribution in [0.5, 0.6) is 0 Å². The third kappa shape index (κ3) is 9.18. The number of aryl methyl sites for hydroxylation is 2. The molecule has 2 aromatic heterocycles. The first-order chi connectivity index (χ1) is 15.0. The number of rotatable bonds is 1. The average Bonchev–Trinajstić information content (AvgIpc) is 3.17. The molecule has 0 N–H and O–H groups in total. The standard InChI is InChI=1S/C12H14N2S.C9H19N.3C2H6/c1-7-3-4-10-9(5-7)11-8(2)13-6-14-12(11)15-10;1-8-4-6-9(7-5-8)10(2)3;3*1-2/h6-7H,3-5H2,1-2H3;8-9H,4-7H2,1-3H3;3*1-2H3. The second-order valence-electron chi connectivity index (χ2n) is 8.37. The van der Waals surface area contributed by atoms with Gasteiger partial charge in [-0.1, -0.05) is 55.4 Å². The Morgan fingerprint density at radius 1 is 0.839 bits per heavy atom. The summed E-state index contributed by atoms with van der Waals surface area (Å²) in [6, 6.07) is 0.871. The van der Waals surface area contributed by atoms with Crippen molar-refractivity contribution in [1.29, 1.82) is 0 Å². The molecule has 0 amide bonds. The predicted molar refractivity (Wildman–Crippen MR) is 142 cm³/mol. The monoisotopic (exact) mass is 449 g/mol. The zero-order valence-corrected chi connectivity index (χ0v) is 23.3. The minimum Gasteiger partial charge on any atom is -0.306 e. The van der Waals surface area contributed by atoms with E-state index >= 15 is 0 Å². The van der Waals surface area contributed by atoms with Gasteiger partial charge in [-0.05, 0) is 83.4 Å². The Bertz CT molecular complexity index is 700. The molecule has 0 bridgehead atoms. The van der Waals surface area contributed by atoms with E-state index in [0.29, 0.717) is 0 Å². The zero-order chi connectivity index (χ0) is 24.0. The van der Waals surface area contributed by atoms with Crippen LogP contribution in [0.1, 0.15) is 104 Å². The molecule has 4 rings (SSSR count). The maximum atomic E-state index is 4.38. The summed E-state index contributed by atoms with van der Waals surface area (Å²) in [4.78, 5) is 13.8. The second-order valence-corrected chi connectivity index (χ2v) is 9.45. The molecule has 2 aromatic rings. The van der Waals surface area contributed by atoms with Crippen LogP contribution in [0.15, 0.2) is 6.33 Å². The van der Waals surface area contributed by atoms with Crippen molar-refractivity contribution in [3.05, 3.63) is 22.5 Å². The van der Waals surface area contributed by atoms with Crippen molar-refractivity contribution in [3.63, 3.8) is 0 Å². The zero-order valence-electron chi connectivity index (χ0n) is 22.5. The van der Waals surface area contributed by atoms with Crippen molar-refractivity contribution in [2.24, 2.45) is 11.8 Å². The van der Waals surface area contributed by atoms with Crippen LogP contribution < -0.4 is 0 Å². The second kappa shape index (κ2) is 16.6. The van der Waals surface area contributed by atoms with Crippen LogP contribution in [0.3, 0.4) is 0 Å². The topological polar surface area (TPSA) is 29.0 Å². The molecule has 0 saturated heterocycles.